The van der Waals surface area contributed by atoms with E-state index in [0.717, 1.165) is 0 Å². The fourth-order valence-electron chi connectivity index (χ4n) is 1.85. The number of amides is 2. The Morgan fingerprint density at radius 2 is 1.78 bits per heavy atom. The summed E-state index contributed by atoms with van der Waals surface area (Å²) in [6, 6.07) is 14.3. The molecule has 0 bridgehead atoms. The second-order valence-electron chi connectivity index (χ2n) is 4.78. The van der Waals surface area contributed by atoms with Gasteiger partial charge in [0, 0.05) is 10.7 Å². The lowest BCUT2D eigenvalue weighted by molar-refractivity contribution is -0.136. The molecule has 0 spiro atoms. The van der Waals surface area contributed by atoms with Crippen molar-refractivity contribution >= 4 is 29.1 Å². The van der Waals surface area contributed by atoms with Gasteiger partial charge in [0.25, 0.3) is 0 Å². The van der Waals surface area contributed by atoms with Gasteiger partial charge in [-0.25, -0.2) is 0 Å². The minimum Gasteiger partial charge on any atom is -0.492 e. The number of nitrogens with one attached hydrogen (secondary N) is 2. The fourth-order valence-corrected chi connectivity index (χ4v) is 2.03. The second kappa shape index (κ2) is 8.19. The average Bonchev–Trinajstić information content (AvgIpc) is 2.56. The standard InChI is InChI=1S/C17H17ClN2O3/c1-12-14(18)8-5-9-15(12)20-17(22)16(21)19-10-11-23-13-6-3-2-4-7-13/h2-9H,10-11H2,1H3,(H,19,21)(H,20,22). The summed E-state index contributed by atoms with van der Waals surface area (Å²) in [7, 11) is 0. The zero-order valence-corrected chi connectivity index (χ0v) is 13.4. The van der Waals surface area contributed by atoms with Crippen LogP contribution in [0.1, 0.15) is 5.56 Å². The van der Waals surface area contributed by atoms with Crippen LogP contribution < -0.4 is 15.4 Å². The van der Waals surface area contributed by atoms with Crippen molar-refractivity contribution in [3.8, 4) is 5.75 Å². The van der Waals surface area contributed by atoms with Gasteiger partial charge in [-0.1, -0.05) is 35.9 Å². The zero-order valence-electron chi connectivity index (χ0n) is 12.6. The summed E-state index contributed by atoms with van der Waals surface area (Å²) >= 11 is 5.97. The first kappa shape index (κ1) is 16.8. The first-order valence-electron chi connectivity index (χ1n) is 7.10. The van der Waals surface area contributed by atoms with Crippen LogP contribution in [0, 0.1) is 6.92 Å². The van der Waals surface area contributed by atoms with Gasteiger partial charge in [0.15, 0.2) is 0 Å². The highest BCUT2D eigenvalue weighted by Gasteiger charge is 2.14. The highest BCUT2D eigenvalue weighted by Crippen LogP contribution is 2.22. The number of carbonyl (C=O) groups is 2. The third-order valence-electron chi connectivity index (χ3n) is 3.12. The van der Waals surface area contributed by atoms with Crippen LogP contribution in [0.4, 0.5) is 5.69 Å². The number of benzene rings is 2. The summed E-state index contributed by atoms with van der Waals surface area (Å²) in [5, 5.41) is 5.56. The molecule has 2 amide bonds. The summed E-state index contributed by atoms with van der Waals surface area (Å²) < 4.78 is 5.43. The topological polar surface area (TPSA) is 67.4 Å². The van der Waals surface area contributed by atoms with E-state index in [1.165, 1.54) is 0 Å². The Labute approximate surface area is 139 Å². The average molecular weight is 333 g/mol. The monoisotopic (exact) mass is 332 g/mol. The largest absolute Gasteiger partial charge is 0.492 e. The van der Waals surface area contributed by atoms with E-state index >= 15 is 0 Å². The summed E-state index contributed by atoms with van der Waals surface area (Å²) in [5.74, 6) is -0.753. The minimum absolute atomic E-state index is 0.232. The smallest absolute Gasteiger partial charge is 0.313 e. The summed E-state index contributed by atoms with van der Waals surface area (Å²) in [6.45, 7) is 2.28. The molecule has 2 N–H and O–H groups in total. The van der Waals surface area contributed by atoms with Crippen LogP contribution in [-0.4, -0.2) is 25.0 Å². The maximum absolute atomic E-state index is 11.8. The highest BCUT2D eigenvalue weighted by molar-refractivity contribution is 6.40. The molecule has 6 heteroatoms. The molecular formula is C17H17ClN2O3. The molecule has 0 atom stereocenters. The Bertz CT molecular complexity index is 689. The van der Waals surface area contributed by atoms with Crippen LogP contribution in [0.2, 0.25) is 5.02 Å². The molecule has 0 fully saturated rings. The molecule has 0 aliphatic carbocycles. The zero-order chi connectivity index (χ0) is 16.7. The number of hydrogen-bond donors (Lipinski definition) is 2. The predicted molar refractivity (Wildman–Crippen MR) is 89.8 cm³/mol. The molecule has 0 radical (unpaired) electrons. The quantitative estimate of drug-likeness (QED) is 0.653. The first-order chi connectivity index (χ1) is 11.1. The number of anilines is 1. The van der Waals surface area contributed by atoms with E-state index in [9.17, 15) is 9.59 Å². The molecule has 5 nitrogen and oxygen atoms in total. The molecule has 23 heavy (non-hydrogen) atoms. The molecule has 0 aliphatic heterocycles. The van der Waals surface area contributed by atoms with E-state index < -0.39 is 11.8 Å². The van der Waals surface area contributed by atoms with Crippen LogP contribution in [0.3, 0.4) is 0 Å². The molecular weight excluding hydrogens is 316 g/mol. The van der Waals surface area contributed by atoms with Gasteiger partial charge < -0.3 is 15.4 Å². The Morgan fingerprint density at radius 1 is 1.04 bits per heavy atom. The lowest BCUT2D eigenvalue weighted by Crippen LogP contribution is -2.37. The Morgan fingerprint density at radius 3 is 2.52 bits per heavy atom. The lowest BCUT2D eigenvalue weighted by Gasteiger charge is -2.10. The van der Waals surface area contributed by atoms with E-state index in [4.69, 9.17) is 16.3 Å². The van der Waals surface area contributed by atoms with Crippen LogP contribution >= 0.6 is 11.6 Å². The van der Waals surface area contributed by atoms with Crippen molar-refractivity contribution < 1.29 is 14.3 Å². The molecule has 0 aliphatic rings. The second-order valence-corrected chi connectivity index (χ2v) is 5.19. The molecule has 0 saturated carbocycles. The number of carbonyl (C=O) groups excluding carboxylic acids is 2. The van der Waals surface area contributed by atoms with Crippen molar-refractivity contribution in [1.82, 2.24) is 5.32 Å². The van der Waals surface area contributed by atoms with Gasteiger partial charge in [0.2, 0.25) is 0 Å². The Hall–Kier alpha value is -2.53. The minimum atomic E-state index is -0.741. The SMILES string of the molecule is Cc1c(Cl)cccc1NC(=O)C(=O)NCCOc1ccccc1. The van der Waals surface area contributed by atoms with Crippen LogP contribution in [0.15, 0.2) is 48.5 Å². The highest BCUT2D eigenvalue weighted by atomic mass is 35.5. The third kappa shape index (κ3) is 5.00. The predicted octanol–water partition coefficient (Wildman–Crippen LogP) is 2.78. The molecule has 2 rings (SSSR count). The van der Waals surface area contributed by atoms with Gasteiger partial charge in [-0.15, -0.1) is 0 Å². The van der Waals surface area contributed by atoms with Crippen LogP contribution in [-0.2, 0) is 9.59 Å². The van der Waals surface area contributed by atoms with Gasteiger partial charge in [-0.3, -0.25) is 9.59 Å². The first-order valence-corrected chi connectivity index (χ1v) is 7.48. The Kier molecular flexibility index (Phi) is 6.00. The van der Waals surface area contributed by atoms with Crippen molar-refractivity contribution in [2.45, 2.75) is 6.92 Å². The number of rotatable bonds is 5. The van der Waals surface area contributed by atoms with Gasteiger partial charge >= 0.3 is 11.8 Å². The molecule has 0 aromatic heterocycles. The molecule has 0 heterocycles. The summed E-state index contributed by atoms with van der Waals surface area (Å²) in [4.78, 5) is 23.6. The Balaban J connectivity index is 1.77. The van der Waals surface area contributed by atoms with E-state index in [2.05, 4.69) is 10.6 Å². The van der Waals surface area contributed by atoms with E-state index in [0.29, 0.717) is 22.0 Å². The van der Waals surface area contributed by atoms with Crippen molar-refractivity contribution in [2.75, 3.05) is 18.5 Å². The number of para-hydroxylation sites is 1. The van der Waals surface area contributed by atoms with Gasteiger partial charge in [0.1, 0.15) is 12.4 Å². The van der Waals surface area contributed by atoms with Gasteiger partial charge in [-0.2, -0.15) is 0 Å². The summed E-state index contributed by atoms with van der Waals surface area (Å²) in [6.07, 6.45) is 0. The normalized spacial score (nSPS) is 10.0. The van der Waals surface area contributed by atoms with E-state index in [1.54, 1.807) is 25.1 Å². The van der Waals surface area contributed by atoms with Crippen molar-refractivity contribution in [1.29, 1.82) is 0 Å². The molecule has 120 valence electrons. The van der Waals surface area contributed by atoms with Crippen molar-refractivity contribution in [3.05, 3.63) is 59.1 Å². The fraction of sp³-hybridized carbons (Fsp3) is 0.176. The lowest BCUT2D eigenvalue weighted by atomic mass is 10.2. The number of halogens is 1. The maximum Gasteiger partial charge on any atom is 0.313 e. The number of ether oxygens (including phenoxy) is 1. The van der Waals surface area contributed by atoms with E-state index in [-0.39, 0.29) is 13.2 Å². The maximum atomic E-state index is 11.8. The molecule has 2 aromatic carbocycles. The third-order valence-corrected chi connectivity index (χ3v) is 3.53. The van der Waals surface area contributed by atoms with Crippen LogP contribution in [0.5, 0.6) is 5.75 Å². The number of hydrogen-bond acceptors (Lipinski definition) is 3. The molecule has 0 saturated heterocycles. The van der Waals surface area contributed by atoms with Crippen molar-refractivity contribution in [2.24, 2.45) is 0 Å². The molecule has 0 unspecified atom stereocenters. The molecule has 2 aromatic rings. The van der Waals surface area contributed by atoms with Gasteiger partial charge in [-0.05, 0) is 36.8 Å². The van der Waals surface area contributed by atoms with Gasteiger partial charge in [0.05, 0.1) is 6.54 Å². The van der Waals surface area contributed by atoms with Crippen molar-refractivity contribution in [3.63, 3.8) is 0 Å². The van der Waals surface area contributed by atoms with Crippen LogP contribution in [0.25, 0.3) is 0 Å². The van der Waals surface area contributed by atoms with E-state index in [1.807, 2.05) is 30.3 Å². The summed E-state index contributed by atoms with van der Waals surface area (Å²) in [5.41, 5.74) is 1.22.